The standard InChI is InChI=1S/C25H32N4O2/c30-24(26-15-7-18-28-16-5-6-17-28)21-11-13-22(14-12-21)27-25(31)29-19-4-3-9-20-8-1-2-10-23(20)29/h1-2,8,10-14H,3-7,9,15-19H2,(H,26,30)(H,27,31). The molecule has 2 aromatic carbocycles. The maximum atomic E-state index is 12.9. The summed E-state index contributed by atoms with van der Waals surface area (Å²) >= 11 is 0. The van der Waals surface area contributed by atoms with E-state index in [2.05, 4.69) is 21.6 Å². The summed E-state index contributed by atoms with van der Waals surface area (Å²) in [4.78, 5) is 29.6. The average molecular weight is 421 g/mol. The topological polar surface area (TPSA) is 64.7 Å². The fourth-order valence-corrected chi connectivity index (χ4v) is 4.41. The maximum absolute atomic E-state index is 12.9. The lowest BCUT2D eigenvalue weighted by atomic mass is 10.1. The Morgan fingerprint density at radius 1 is 0.871 bits per heavy atom. The molecule has 31 heavy (non-hydrogen) atoms. The van der Waals surface area contributed by atoms with Gasteiger partial charge in [0.25, 0.3) is 5.91 Å². The number of fused-ring (bicyclic) bond motifs is 1. The number of likely N-dealkylation sites (tertiary alicyclic amines) is 1. The lowest BCUT2D eigenvalue weighted by molar-refractivity contribution is 0.0952. The van der Waals surface area contributed by atoms with Gasteiger partial charge < -0.3 is 15.5 Å². The Labute approximate surface area is 184 Å². The van der Waals surface area contributed by atoms with Crippen LogP contribution >= 0.6 is 0 Å². The van der Waals surface area contributed by atoms with E-state index in [9.17, 15) is 9.59 Å². The number of hydrogen-bond donors (Lipinski definition) is 2. The molecule has 2 aliphatic heterocycles. The minimum absolute atomic E-state index is 0.0688. The quantitative estimate of drug-likeness (QED) is 0.686. The van der Waals surface area contributed by atoms with Crippen LogP contribution in [0.25, 0.3) is 0 Å². The first-order valence-corrected chi connectivity index (χ1v) is 11.5. The lowest BCUT2D eigenvalue weighted by Gasteiger charge is -2.23. The van der Waals surface area contributed by atoms with Gasteiger partial charge >= 0.3 is 6.03 Å². The van der Waals surface area contributed by atoms with E-state index in [1.807, 2.05) is 23.1 Å². The summed E-state index contributed by atoms with van der Waals surface area (Å²) in [6.07, 6.45) is 6.62. The van der Waals surface area contributed by atoms with Crippen molar-refractivity contribution in [3.63, 3.8) is 0 Å². The summed E-state index contributed by atoms with van der Waals surface area (Å²) in [5.41, 5.74) is 3.51. The highest BCUT2D eigenvalue weighted by atomic mass is 16.2. The molecule has 0 aromatic heterocycles. The van der Waals surface area contributed by atoms with E-state index in [0.29, 0.717) is 24.3 Å². The van der Waals surface area contributed by atoms with Crippen molar-refractivity contribution < 1.29 is 9.59 Å². The molecule has 2 N–H and O–H groups in total. The van der Waals surface area contributed by atoms with Crippen LogP contribution in [0.15, 0.2) is 48.5 Å². The first-order valence-electron chi connectivity index (χ1n) is 11.5. The third kappa shape index (κ3) is 5.64. The van der Waals surface area contributed by atoms with Crippen LogP contribution in [0.2, 0.25) is 0 Å². The number of rotatable bonds is 6. The molecular formula is C25H32N4O2. The molecular weight excluding hydrogens is 388 g/mol. The van der Waals surface area contributed by atoms with E-state index < -0.39 is 0 Å². The van der Waals surface area contributed by atoms with Gasteiger partial charge in [-0.1, -0.05) is 18.2 Å². The summed E-state index contributed by atoms with van der Waals surface area (Å²) < 4.78 is 0. The van der Waals surface area contributed by atoms with Crippen molar-refractivity contribution in [1.29, 1.82) is 0 Å². The predicted molar refractivity (Wildman–Crippen MR) is 125 cm³/mol. The van der Waals surface area contributed by atoms with Crippen LogP contribution in [0, 0.1) is 0 Å². The summed E-state index contributed by atoms with van der Waals surface area (Å²) in [7, 11) is 0. The van der Waals surface area contributed by atoms with Crippen LogP contribution in [0.3, 0.4) is 0 Å². The molecule has 0 atom stereocenters. The second kappa shape index (κ2) is 10.4. The zero-order chi connectivity index (χ0) is 21.5. The molecule has 4 rings (SSSR count). The third-order valence-electron chi connectivity index (χ3n) is 6.14. The summed E-state index contributed by atoms with van der Waals surface area (Å²) in [6.45, 7) is 4.81. The number of urea groups is 1. The van der Waals surface area contributed by atoms with Crippen LogP contribution in [0.5, 0.6) is 0 Å². The third-order valence-corrected chi connectivity index (χ3v) is 6.14. The van der Waals surface area contributed by atoms with Gasteiger partial charge in [0, 0.05) is 30.0 Å². The molecule has 0 bridgehead atoms. The first kappa shape index (κ1) is 21.4. The second-order valence-corrected chi connectivity index (χ2v) is 8.40. The van der Waals surface area contributed by atoms with Crippen LogP contribution < -0.4 is 15.5 Å². The Morgan fingerprint density at radius 3 is 2.42 bits per heavy atom. The van der Waals surface area contributed by atoms with Crippen molar-refractivity contribution in [3.8, 4) is 0 Å². The Morgan fingerprint density at radius 2 is 1.61 bits per heavy atom. The summed E-state index contributed by atoms with van der Waals surface area (Å²) in [5, 5.41) is 5.97. The highest BCUT2D eigenvalue weighted by Crippen LogP contribution is 2.26. The van der Waals surface area contributed by atoms with E-state index in [1.54, 1.807) is 24.3 Å². The van der Waals surface area contributed by atoms with E-state index in [-0.39, 0.29) is 11.9 Å². The van der Waals surface area contributed by atoms with Gasteiger partial charge in [-0.3, -0.25) is 9.69 Å². The highest BCUT2D eigenvalue weighted by Gasteiger charge is 2.21. The summed E-state index contributed by atoms with van der Waals surface area (Å²) in [5.74, 6) is -0.0688. The molecule has 0 radical (unpaired) electrons. The molecule has 6 heteroatoms. The number of hydrogen-bond acceptors (Lipinski definition) is 3. The number of nitrogens with zero attached hydrogens (tertiary/aromatic N) is 2. The Balaban J connectivity index is 1.29. The number of aryl methyl sites for hydroxylation is 1. The van der Waals surface area contributed by atoms with E-state index >= 15 is 0 Å². The lowest BCUT2D eigenvalue weighted by Crippen LogP contribution is -2.35. The molecule has 3 amide bonds. The first-order chi connectivity index (χ1) is 15.2. The van der Waals surface area contributed by atoms with Crippen molar-refractivity contribution in [2.24, 2.45) is 0 Å². The van der Waals surface area contributed by atoms with Gasteiger partial charge in [0.2, 0.25) is 0 Å². The Kier molecular flexibility index (Phi) is 7.20. The zero-order valence-corrected chi connectivity index (χ0v) is 18.1. The Hall–Kier alpha value is -2.86. The monoisotopic (exact) mass is 420 g/mol. The number of amides is 3. The smallest absolute Gasteiger partial charge is 0.326 e. The number of carbonyl (C=O) groups is 2. The predicted octanol–water partition coefficient (Wildman–Crippen LogP) is 4.28. The van der Waals surface area contributed by atoms with Crippen molar-refractivity contribution >= 4 is 23.3 Å². The largest absolute Gasteiger partial charge is 0.352 e. The van der Waals surface area contributed by atoms with Crippen LogP contribution in [-0.2, 0) is 6.42 Å². The van der Waals surface area contributed by atoms with Crippen molar-refractivity contribution in [2.75, 3.05) is 42.9 Å². The average Bonchev–Trinajstić information content (AvgIpc) is 3.22. The molecule has 0 aliphatic carbocycles. The fraction of sp³-hybridized carbons (Fsp3) is 0.440. The number of nitrogens with one attached hydrogen (secondary N) is 2. The van der Waals surface area contributed by atoms with Crippen LogP contribution in [-0.4, -0.2) is 49.6 Å². The molecule has 1 fully saturated rings. The molecule has 6 nitrogen and oxygen atoms in total. The number of benzene rings is 2. The maximum Gasteiger partial charge on any atom is 0.326 e. The van der Waals surface area contributed by atoms with E-state index in [4.69, 9.17) is 0 Å². The number of para-hydroxylation sites is 1. The normalized spacial score (nSPS) is 16.5. The molecule has 2 heterocycles. The second-order valence-electron chi connectivity index (χ2n) is 8.40. The van der Waals surface area contributed by atoms with Crippen LogP contribution in [0.4, 0.5) is 16.2 Å². The van der Waals surface area contributed by atoms with Gasteiger partial charge in [-0.2, -0.15) is 0 Å². The molecule has 0 unspecified atom stereocenters. The van der Waals surface area contributed by atoms with Gasteiger partial charge in [-0.25, -0.2) is 4.79 Å². The minimum Gasteiger partial charge on any atom is -0.352 e. The number of anilines is 2. The molecule has 164 valence electrons. The fourth-order valence-electron chi connectivity index (χ4n) is 4.41. The molecule has 2 aliphatic rings. The molecule has 0 saturated carbocycles. The minimum atomic E-state index is -0.131. The van der Waals surface area contributed by atoms with Gasteiger partial charge in [0.05, 0.1) is 0 Å². The zero-order valence-electron chi connectivity index (χ0n) is 18.1. The highest BCUT2D eigenvalue weighted by molar-refractivity contribution is 6.02. The van der Waals surface area contributed by atoms with E-state index in [1.165, 1.54) is 31.5 Å². The van der Waals surface area contributed by atoms with Crippen molar-refractivity contribution in [2.45, 2.75) is 38.5 Å². The van der Waals surface area contributed by atoms with E-state index in [0.717, 1.165) is 37.9 Å². The van der Waals surface area contributed by atoms with Crippen molar-refractivity contribution in [3.05, 3.63) is 59.7 Å². The molecule has 2 aromatic rings. The summed E-state index contributed by atoms with van der Waals surface area (Å²) in [6, 6.07) is 15.1. The Bertz CT molecular complexity index is 891. The van der Waals surface area contributed by atoms with Gasteiger partial charge in [-0.15, -0.1) is 0 Å². The van der Waals surface area contributed by atoms with Gasteiger partial charge in [-0.05, 0) is 94.1 Å². The SMILES string of the molecule is O=C(NCCCN1CCCC1)c1ccc(NC(=O)N2CCCCc3ccccc32)cc1. The molecule has 0 spiro atoms. The number of carbonyl (C=O) groups excluding carboxylic acids is 2. The van der Waals surface area contributed by atoms with Gasteiger partial charge in [0.1, 0.15) is 0 Å². The van der Waals surface area contributed by atoms with Gasteiger partial charge in [0.15, 0.2) is 0 Å². The van der Waals surface area contributed by atoms with Crippen LogP contribution in [0.1, 0.15) is 48.0 Å². The van der Waals surface area contributed by atoms with Crippen molar-refractivity contribution in [1.82, 2.24) is 10.2 Å². The molecule has 1 saturated heterocycles.